The van der Waals surface area contributed by atoms with Crippen molar-refractivity contribution in [2.45, 2.75) is 20.0 Å². The molecule has 0 aliphatic carbocycles. The number of fused-ring (bicyclic) bond motifs is 1. The van der Waals surface area contributed by atoms with Gasteiger partial charge < -0.3 is 9.47 Å². The van der Waals surface area contributed by atoms with Gasteiger partial charge in [-0.1, -0.05) is 30.3 Å². The van der Waals surface area contributed by atoms with Crippen LogP contribution < -0.4 is 4.74 Å². The largest absolute Gasteiger partial charge is 0.492 e. The molecule has 0 saturated carbocycles. The van der Waals surface area contributed by atoms with E-state index in [2.05, 4.69) is 39.1 Å². The number of halogens is 1. The van der Waals surface area contributed by atoms with Crippen LogP contribution in [0.25, 0.3) is 10.9 Å². The number of rotatable bonds is 7. The summed E-state index contributed by atoms with van der Waals surface area (Å²) in [6.45, 7) is 3.94. The summed E-state index contributed by atoms with van der Waals surface area (Å²) in [6.07, 6.45) is 0.851. The maximum Gasteiger partial charge on any atom is 0.134 e. The van der Waals surface area contributed by atoms with E-state index in [1.54, 1.807) is 0 Å². The van der Waals surface area contributed by atoms with Gasteiger partial charge in [0.25, 0.3) is 0 Å². The number of benzene rings is 2. The average Bonchev–Trinajstić information content (AvgIpc) is 2.60. The zero-order valence-corrected chi connectivity index (χ0v) is 15.3. The van der Waals surface area contributed by atoms with Crippen LogP contribution in [0.5, 0.6) is 5.75 Å². The van der Waals surface area contributed by atoms with Gasteiger partial charge in [0, 0.05) is 17.5 Å². The third-order valence-electron chi connectivity index (χ3n) is 3.71. The van der Waals surface area contributed by atoms with Crippen LogP contribution in [0.15, 0.2) is 59.1 Å². The van der Waals surface area contributed by atoms with Crippen molar-refractivity contribution in [3.05, 3.63) is 70.3 Å². The first-order valence-electron chi connectivity index (χ1n) is 8.04. The lowest BCUT2D eigenvalue weighted by atomic mass is 10.2. The van der Waals surface area contributed by atoms with Gasteiger partial charge in [0.15, 0.2) is 0 Å². The maximum atomic E-state index is 5.87. The predicted octanol–water partition coefficient (Wildman–Crippen LogP) is 5.29. The Morgan fingerprint density at radius 3 is 2.62 bits per heavy atom. The summed E-state index contributed by atoms with van der Waals surface area (Å²) in [7, 11) is 0. The topological polar surface area (TPSA) is 31.4 Å². The Morgan fingerprint density at radius 1 is 0.958 bits per heavy atom. The van der Waals surface area contributed by atoms with Crippen molar-refractivity contribution in [2.75, 3.05) is 13.2 Å². The highest BCUT2D eigenvalue weighted by atomic mass is 79.9. The van der Waals surface area contributed by atoms with Crippen LogP contribution in [0.3, 0.4) is 0 Å². The molecule has 0 unspecified atom stereocenters. The second-order valence-electron chi connectivity index (χ2n) is 5.64. The Morgan fingerprint density at radius 2 is 1.79 bits per heavy atom. The Balaban J connectivity index is 1.47. The average molecular weight is 386 g/mol. The molecule has 3 nitrogen and oxygen atoms in total. The van der Waals surface area contributed by atoms with Gasteiger partial charge in [-0.05, 0) is 52.7 Å². The van der Waals surface area contributed by atoms with E-state index in [9.17, 15) is 0 Å². The summed E-state index contributed by atoms with van der Waals surface area (Å²) in [5.74, 6) is 0.844. The zero-order chi connectivity index (χ0) is 16.8. The molecule has 3 rings (SSSR count). The molecule has 2 aromatic carbocycles. The van der Waals surface area contributed by atoms with Gasteiger partial charge >= 0.3 is 0 Å². The van der Waals surface area contributed by atoms with Gasteiger partial charge in [-0.15, -0.1) is 0 Å². The van der Waals surface area contributed by atoms with Crippen molar-refractivity contribution in [2.24, 2.45) is 0 Å². The minimum absolute atomic E-state index is 0.623. The lowest BCUT2D eigenvalue weighted by Crippen LogP contribution is -2.03. The molecule has 0 saturated heterocycles. The van der Waals surface area contributed by atoms with E-state index >= 15 is 0 Å². The summed E-state index contributed by atoms with van der Waals surface area (Å²) in [5.41, 5.74) is 3.18. The molecule has 0 fully saturated rings. The van der Waals surface area contributed by atoms with Gasteiger partial charge in [-0.2, -0.15) is 0 Å². The minimum atomic E-state index is 0.623. The molecule has 0 radical (unpaired) electrons. The molecular weight excluding hydrogens is 366 g/mol. The van der Waals surface area contributed by atoms with Gasteiger partial charge in [0.1, 0.15) is 5.75 Å². The Bertz CT molecular complexity index is 805. The van der Waals surface area contributed by atoms with Gasteiger partial charge in [0.2, 0.25) is 0 Å². The Labute approximate surface area is 150 Å². The number of pyridine rings is 1. The van der Waals surface area contributed by atoms with Crippen molar-refractivity contribution in [3.63, 3.8) is 0 Å². The van der Waals surface area contributed by atoms with Crippen LogP contribution in [-0.2, 0) is 11.3 Å². The third-order valence-corrected chi connectivity index (χ3v) is 4.53. The fourth-order valence-corrected chi connectivity index (χ4v) is 3.05. The molecule has 0 bridgehead atoms. The number of ether oxygens (including phenoxy) is 2. The van der Waals surface area contributed by atoms with Crippen LogP contribution in [0.2, 0.25) is 0 Å². The molecule has 1 heterocycles. The summed E-state index contributed by atoms with van der Waals surface area (Å²) in [6, 6.07) is 18.2. The molecular formula is C20H20BrNO2. The SMILES string of the molecule is Cc1ccc2c(Br)c(OCCCOCc3ccccc3)ccc2n1. The summed E-state index contributed by atoms with van der Waals surface area (Å²) in [4.78, 5) is 4.52. The lowest BCUT2D eigenvalue weighted by molar-refractivity contribution is 0.107. The summed E-state index contributed by atoms with van der Waals surface area (Å²) >= 11 is 3.62. The first kappa shape index (κ1) is 16.9. The van der Waals surface area contributed by atoms with E-state index < -0.39 is 0 Å². The van der Waals surface area contributed by atoms with Crippen molar-refractivity contribution in [1.82, 2.24) is 4.98 Å². The van der Waals surface area contributed by atoms with E-state index in [0.29, 0.717) is 19.8 Å². The third kappa shape index (κ3) is 4.34. The fourth-order valence-electron chi connectivity index (χ4n) is 2.47. The molecule has 0 spiro atoms. The van der Waals surface area contributed by atoms with Crippen LogP contribution in [0.1, 0.15) is 17.7 Å². The highest BCUT2D eigenvalue weighted by Gasteiger charge is 2.07. The second-order valence-corrected chi connectivity index (χ2v) is 6.43. The molecule has 0 atom stereocenters. The minimum Gasteiger partial charge on any atom is -0.492 e. The normalized spacial score (nSPS) is 10.9. The molecule has 0 aliphatic heterocycles. The van der Waals surface area contributed by atoms with Gasteiger partial charge in [0.05, 0.1) is 29.8 Å². The molecule has 1 aromatic heterocycles. The van der Waals surface area contributed by atoms with Gasteiger partial charge in [-0.25, -0.2) is 0 Å². The zero-order valence-electron chi connectivity index (χ0n) is 13.7. The van der Waals surface area contributed by atoms with Crippen LogP contribution in [0.4, 0.5) is 0 Å². The van der Waals surface area contributed by atoms with E-state index in [0.717, 1.165) is 33.2 Å². The molecule has 3 aromatic rings. The summed E-state index contributed by atoms with van der Waals surface area (Å²) < 4.78 is 12.5. The van der Waals surface area contributed by atoms with Crippen molar-refractivity contribution < 1.29 is 9.47 Å². The highest BCUT2D eigenvalue weighted by molar-refractivity contribution is 9.10. The van der Waals surface area contributed by atoms with Crippen molar-refractivity contribution in [3.8, 4) is 5.75 Å². The molecule has 0 N–H and O–H groups in total. The van der Waals surface area contributed by atoms with E-state index in [-0.39, 0.29) is 0 Å². The molecule has 0 aliphatic rings. The van der Waals surface area contributed by atoms with Crippen LogP contribution in [0, 0.1) is 6.92 Å². The van der Waals surface area contributed by atoms with Crippen molar-refractivity contribution >= 4 is 26.8 Å². The quantitative estimate of drug-likeness (QED) is 0.517. The number of nitrogens with zero attached hydrogens (tertiary/aromatic N) is 1. The standard InChI is InChI=1S/C20H20BrNO2/c1-15-8-9-17-18(22-15)10-11-19(20(17)21)24-13-5-12-23-14-16-6-3-2-4-7-16/h2-4,6-11H,5,12-14H2,1H3. The molecule has 4 heteroatoms. The summed E-state index contributed by atoms with van der Waals surface area (Å²) in [5, 5.41) is 1.07. The van der Waals surface area contributed by atoms with Crippen LogP contribution >= 0.6 is 15.9 Å². The molecule has 0 amide bonds. The monoisotopic (exact) mass is 385 g/mol. The Kier molecular flexibility index (Phi) is 5.83. The highest BCUT2D eigenvalue weighted by Crippen LogP contribution is 2.32. The number of hydrogen-bond donors (Lipinski definition) is 0. The first-order chi connectivity index (χ1) is 11.7. The molecule has 124 valence electrons. The second kappa shape index (κ2) is 8.27. The van der Waals surface area contributed by atoms with Gasteiger partial charge in [-0.3, -0.25) is 4.98 Å². The number of hydrogen-bond acceptors (Lipinski definition) is 3. The molecule has 24 heavy (non-hydrogen) atoms. The lowest BCUT2D eigenvalue weighted by Gasteiger charge is -2.10. The maximum absolute atomic E-state index is 5.87. The number of aryl methyl sites for hydroxylation is 1. The van der Waals surface area contributed by atoms with E-state index in [1.165, 1.54) is 5.56 Å². The fraction of sp³-hybridized carbons (Fsp3) is 0.250. The predicted molar refractivity (Wildman–Crippen MR) is 100 cm³/mol. The first-order valence-corrected chi connectivity index (χ1v) is 8.83. The van der Waals surface area contributed by atoms with E-state index in [1.807, 2.05) is 43.3 Å². The van der Waals surface area contributed by atoms with E-state index in [4.69, 9.17) is 9.47 Å². The van der Waals surface area contributed by atoms with Crippen LogP contribution in [-0.4, -0.2) is 18.2 Å². The Hall–Kier alpha value is -1.91. The van der Waals surface area contributed by atoms with Crippen molar-refractivity contribution in [1.29, 1.82) is 0 Å². The number of aromatic nitrogens is 1. The smallest absolute Gasteiger partial charge is 0.134 e.